The number of fused-ring (bicyclic) bond motifs is 1. The summed E-state index contributed by atoms with van der Waals surface area (Å²) < 4.78 is 34.6. The summed E-state index contributed by atoms with van der Waals surface area (Å²) >= 11 is 0. The number of guanidine groups is 1. The number of rotatable bonds is 5. The summed E-state index contributed by atoms with van der Waals surface area (Å²) in [6, 6.07) is 4.02. The van der Waals surface area contributed by atoms with Gasteiger partial charge < -0.3 is 19.7 Å². The van der Waals surface area contributed by atoms with Crippen molar-refractivity contribution in [1.82, 2.24) is 10.2 Å². The number of ether oxygens (including phenoxy) is 2. The van der Waals surface area contributed by atoms with Gasteiger partial charge in [-0.2, -0.15) is 0 Å². The van der Waals surface area contributed by atoms with Crippen molar-refractivity contribution in [1.29, 1.82) is 0 Å². The number of nitrogens with zero attached hydrogens (tertiary/aromatic N) is 2. The van der Waals surface area contributed by atoms with Crippen LogP contribution in [0.1, 0.15) is 31.9 Å². The summed E-state index contributed by atoms with van der Waals surface area (Å²) in [6.45, 7) is 6.98. The first-order valence-corrected chi connectivity index (χ1v) is 10.7. The molecule has 1 aliphatic rings. The van der Waals surface area contributed by atoms with Crippen molar-refractivity contribution in [2.75, 3.05) is 40.1 Å². The molecular weight excluding hydrogens is 493 g/mol. The topological polar surface area (TPSA) is 80.2 Å². The Balaban J connectivity index is 0.00000392. The third-order valence-corrected chi connectivity index (χ3v) is 7.42. The van der Waals surface area contributed by atoms with Gasteiger partial charge >= 0.3 is 0 Å². The van der Waals surface area contributed by atoms with Crippen molar-refractivity contribution in [2.24, 2.45) is 4.99 Å². The standard InChI is InChI=1S/C19H31N3O4S.HI/c1-19(2,3)27(23,24)10-8-21-18(20-4)22-9-7-14-11-16(25-5)17(26-6)12-15(14)13-22;/h11-12H,7-10,13H2,1-6H3,(H,20,21);1H. The van der Waals surface area contributed by atoms with Gasteiger partial charge in [0.1, 0.15) is 0 Å². The maximum atomic E-state index is 12.3. The number of benzene rings is 1. The van der Waals surface area contributed by atoms with Crippen molar-refractivity contribution in [3.05, 3.63) is 23.3 Å². The molecule has 7 nitrogen and oxygen atoms in total. The summed E-state index contributed by atoms with van der Waals surface area (Å²) in [5, 5.41) is 3.19. The molecule has 1 heterocycles. The van der Waals surface area contributed by atoms with Crippen LogP contribution in [0.4, 0.5) is 0 Å². The monoisotopic (exact) mass is 525 g/mol. The van der Waals surface area contributed by atoms with Gasteiger partial charge in [-0.1, -0.05) is 0 Å². The molecule has 0 aliphatic carbocycles. The van der Waals surface area contributed by atoms with Crippen LogP contribution in [0.5, 0.6) is 11.5 Å². The lowest BCUT2D eigenvalue weighted by atomic mass is 9.99. The van der Waals surface area contributed by atoms with Gasteiger partial charge in [0.2, 0.25) is 0 Å². The Kier molecular flexibility index (Phi) is 8.86. The molecule has 1 aromatic rings. The van der Waals surface area contributed by atoms with E-state index in [0.29, 0.717) is 24.8 Å². The van der Waals surface area contributed by atoms with Gasteiger partial charge in [-0.15, -0.1) is 24.0 Å². The zero-order valence-electron chi connectivity index (χ0n) is 17.5. The number of sulfone groups is 1. The smallest absolute Gasteiger partial charge is 0.193 e. The number of methoxy groups -OCH3 is 2. The second-order valence-electron chi connectivity index (χ2n) is 7.55. The third-order valence-electron chi connectivity index (χ3n) is 4.82. The highest BCUT2D eigenvalue weighted by Crippen LogP contribution is 2.33. The first-order chi connectivity index (χ1) is 12.6. The molecule has 0 fully saturated rings. The predicted molar refractivity (Wildman–Crippen MR) is 124 cm³/mol. The van der Waals surface area contributed by atoms with Crippen LogP contribution in [0.15, 0.2) is 17.1 Å². The van der Waals surface area contributed by atoms with E-state index in [9.17, 15) is 8.42 Å². The van der Waals surface area contributed by atoms with E-state index < -0.39 is 14.6 Å². The molecule has 0 radical (unpaired) electrons. The zero-order valence-corrected chi connectivity index (χ0v) is 20.7. The van der Waals surface area contributed by atoms with E-state index in [1.807, 2.05) is 12.1 Å². The van der Waals surface area contributed by atoms with E-state index in [0.717, 1.165) is 24.3 Å². The van der Waals surface area contributed by atoms with Gasteiger partial charge in [0, 0.05) is 26.7 Å². The number of halogens is 1. The molecule has 0 spiro atoms. The maximum absolute atomic E-state index is 12.3. The first-order valence-electron chi connectivity index (χ1n) is 9.04. The van der Waals surface area contributed by atoms with Crippen molar-refractivity contribution in [3.63, 3.8) is 0 Å². The number of nitrogens with one attached hydrogen (secondary N) is 1. The van der Waals surface area contributed by atoms with Crippen LogP contribution in [0, 0.1) is 0 Å². The first kappa shape index (κ1) is 24.8. The lowest BCUT2D eigenvalue weighted by Gasteiger charge is -2.32. The molecule has 1 aliphatic heterocycles. The van der Waals surface area contributed by atoms with Gasteiger partial charge in [0.05, 0.1) is 24.7 Å². The molecule has 1 N–H and O–H groups in total. The average molecular weight is 525 g/mol. The maximum Gasteiger partial charge on any atom is 0.193 e. The summed E-state index contributed by atoms with van der Waals surface area (Å²) in [5.74, 6) is 2.22. The molecule has 9 heteroatoms. The minimum atomic E-state index is -3.16. The number of aliphatic imine (C=N–C) groups is 1. The fraction of sp³-hybridized carbons (Fsp3) is 0.632. The Morgan fingerprint density at radius 2 is 1.75 bits per heavy atom. The van der Waals surface area contributed by atoms with Gasteiger partial charge in [-0.05, 0) is 50.5 Å². The molecule has 1 aromatic carbocycles. The second kappa shape index (κ2) is 10.00. The highest BCUT2D eigenvalue weighted by atomic mass is 127. The quantitative estimate of drug-likeness (QED) is 0.362. The summed E-state index contributed by atoms with van der Waals surface area (Å²) in [4.78, 5) is 6.45. The minimum absolute atomic E-state index is 0. The van der Waals surface area contributed by atoms with E-state index in [1.54, 1.807) is 42.0 Å². The fourth-order valence-corrected chi connectivity index (χ4v) is 3.98. The Morgan fingerprint density at radius 1 is 1.18 bits per heavy atom. The highest BCUT2D eigenvalue weighted by molar-refractivity contribution is 14.0. The Hall–Kier alpha value is -1.23. The van der Waals surface area contributed by atoms with Crippen LogP contribution in [-0.4, -0.2) is 64.1 Å². The zero-order chi connectivity index (χ0) is 20.2. The van der Waals surface area contributed by atoms with E-state index in [1.165, 1.54) is 5.56 Å². The lowest BCUT2D eigenvalue weighted by molar-refractivity contribution is 0.346. The van der Waals surface area contributed by atoms with Crippen molar-refractivity contribution in [2.45, 2.75) is 38.5 Å². The Morgan fingerprint density at radius 3 is 2.25 bits per heavy atom. The van der Waals surface area contributed by atoms with Gasteiger partial charge in [-0.3, -0.25) is 4.99 Å². The summed E-state index contributed by atoms with van der Waals surface area (Å²) in [5.41, 5.74) is 2.39. The molecule has 0 amide bonds. The van der Waals surface area contributed by atoms with Crippen LogP contribution >= 0.6 is 24.0 Å². The molecule has 28 heavy (non-hydrogen) atoms. The van der Waals surface area contributed by atoms with Crippen molar-refractivity contribution < 1.29 is 17.9 Å². The minimum Gasteiger partial charge on any atom is -0.493 e. The van der Waals surface area contributed by atoms with E-state index in [4.69, 9.17) is 9.47 Å². The van der Waals surface area contributed by atoms with Gasteiger partial charge in [0.25, 0.3) is 0 Å². The number of hydrogen-bond donors (Lipinski definition) is 1. The molecule has 0 bridgehead atoms. The molecule has 2 rings (SSSR count). The molecule has 0 atom stereocenters. The van der Waals surface area contributed by atoms with Crippen LogP contribution in [-0.2, 0) is 22.8 Å². The van der Waals surface area contributed by atoms with E-state index >= 15 is 0 Å². The van der Waals surface area contributed by atoms with Crippen LogP contribution in [0.3, 0.4) is 0 Å². The Bertz CT molecular complexity index is 804. The summed E-state index contributed by atoms with van der Waals surface area (Å²) in [6.07, 6.45) is 0.858. The van der Waals surface area contributed by atoms with Crippen LogP contribution in [0.25, 0.3) is 0 Å². The van der Waals surface area contributed by atoms with Gasteiger partial charge in [0.15, 0.2) is 27.3 Å². The van der Waals surface area contributed by atoms with E-state index in [2.05, 4.69) is 15.2 Å². The molecule has 0 saturated carbocycles. The SMILES string of the molecule is CN=C(NCCS(=O)(=O)C(C)(C)C)N1CCc2cc(OC)c(OC)cc2C1.I. The molecule has 0 aromatic heterocycles. The highest BCUT2D eigenvalue weighted by Gasteiger charge is 2.28. The van der Waals surface area contributed by atoms with Crippen molar-refractivity contribution in [3.8, 4) is 11.5 Å². The Labute approximate surface area is 185 Å². The van der Waals surface area contributed by atoms with E-state index in [-0.39, 0.29) is 29.7 Å². The van der Waals surface area contributed by atoms with Crippen LogP contribution < -0.4 is 14.8 Å². The number of hydrogen-bond acceptors (Lipinski definition) is 5. The lowest BCUT2D eigenvalue weighted by Crippen LogP contribution is -2.46. The molecule has 0 unspecified atom stereocenters. The predicted octanol–water partition coefficient (Wildman–Crippen LogP) is 2.47. The second-order valence-corrected chi connectivity index (χ2v) is 10.4. The molecule has 160 valence electrons. The average Bonchev–Trinajstić information content (AvgIpc) is 2.62. The molecule has 0 saturated heterocycles. The summed E-state index contributed by atoms with van der Waals surface area (Å²) in [7, 11) is 1.81. The normalized spacial score (nSPS) is 14.8. The largest absolute Gasteiger partial charge is 0.493 e. The molecular formula is C19H32IN3O4S. The van der Waals surface area contributed by atoms with Crippen molar-refractivity contribution >= 4 is 39.8 Å². The van der Waals surface area contributed by atoms with Gasteiger partial charge in [-0.25, -0.2) is 8.42 Å². The van der Waals surface area contributed by atoms with Crippen LogP contribution in [0.2, 0.25) is 0 Å². The third kappa shape index (κ3) is 5.65. The fourth-order valence-electron chi connectivity index (χ4n) is 3.00.